The third-order valence-electron chi connectivity index (χ3n) is 3.11. The Morgan fingerprint density at radius 1 is 1.32 bits per heavy atom. The van der Waals surface area contributed by atoms with Crippen molar-refractivity contribution in [1.82, 2.24) is 0 Å². The average Bonchev–Trinajstić information content (AvgIpc) is 2.70. The molecule has 2 N–H and O–H groups in total. The van der Waals surface area contributed by atoms with Crippen molar-refractivity contribution in [2.75, 3.05) is 0 Å². The highest BCUT2D eigenvalue weighted by Crippen LogP contribution is 2.30. The van der Waals surface area contributed by atoms with E-state index in [1.807, 2.05) is 19.9 Å². The first-order chi connectivity index (χ1) is 8.90. The molecule has 0 amide bonds. The zero-order chi connectivity index (χ0) is 14.2. The van der Waals surface area contributed by atoms with E-state index in [0.717, 1.165) is 10.4 Å². The number of hydrogen-bond donors (Lipinski definition) is 1. The summed E-state index contributed by atoms with van der Waals surface area (Å²) in [6.07, 6.45) is 0.149. The van der Waals surface area contributed by atoms with E-state index in [0.29, 0.717) is 0 Å². The smallest absolute Gasteiger partial charge is 0.143 e. The molecular formula is C14H14BrF2NS. The van der Waals surface area contributed by atoms with E-state index in [1.54, 1.807) is 11.3 Å². The molecule has 1 aromatic carbocycles. The molecule has 0 aliphatic heterocycles. The third kappa shape index (κ3) is 3.04. The fourth-order valence-corrected chi connectivity index (χ4v) is 3.28. The van der Waals surface area contributed by atoms with E-state index in [9.17, 15) is 8.78 Å². The molecule has 0 aliphatic rings. The summed E-state index contributed by atoms with van der Waals surface area (Å²) >= 11 is 4.64. The molecular weight excluding hydrogens is 332 g/mol. The highest BCUT2D eigenvalue weighted by Gasteiger charge is 2.18. The topological polar surface area (TPSA) is 26.0 Å². The Labute approximate surface area is 123 Å². The van der Waals surface area contributed by atoms with Crippen molar-refractivity contribution >= 4 is 27.3 Å². The molecule has 0 spiro atoms. The standard InChI is InChI=1S/C14H14BrF2NS/c1-7-5-13(19-8(7)2)12(18)6-9-11(16)4-3-10(15)14(9)17/h3-5,12H,6,18H2,1-2H3. The van der Waals surface area contributed by atoms with Gasteiger partial charge in [0, 0.05) is 21.4 Å². The van der Waals surface area contributed by atoms with Crippen LogP contribution in [0.15, 0.2) is 22.7 Å². The summed E-state index contributed by atoms with van der Waals surface area (Å²) in [6.45, 7) is 4.01. The monoisotopic (exact) mass is 345 g/mol. The van der Waals surface area contributed by atoms with Crippen LogP contribution in [0.1, 0.15) is 26.9 Å². The minimum absolute atomic E-state index is 0.0329. The van der Waals surface area contributed by atoms with Crippen LogP contribution in [0.5, 0.6) is 0 Å². The predicted octanol–water partition coefficient (Wildman–Crippen LogP) is 4.65. The highest BCUT2D eigenvalue weighted by molar-refractivity contribution is 9.10. The first kappa shape index (κ1) is 14.6. The van der Waals surface area contributed by atoms with E-state index in [1.165, 1.54) is 17.0 Å². The van der Waals surface area contributed by atoms with E-state index >= 15 is 0 Å². The van der Waals surface area contributed by atoms with Crippen molar-refractivity contribution in [2.45, 2.75) is 26.3 Å². The van der Waals surface area contributed by atoms with Crippen LogP contribution in [0.3, 0.4) is 0 Å². The molecule has 102 valence electrons. The number of halogens is 3. The number of benzene rings is 1. The lowest BCUT2D eigenvalue weighted by atomic mass is 10.0. The van der Waals surface area contributed by atoms with E-state index in [4.69, 9.17) is 5.73 Å². The van der Waals surface area contributed by atoms with Gasteiger partial charge >= 0.3 is 0 Å². The quantitative estimate of drug-likeness (QED) is 0.805. The lowest BCUT2D eigenvalue weighted by Gasteiger charge is -2.12. The van der Waals surface area contributed by atoms with Gasteiger partial charge in [0.15, 0.2) is 0 Å². The molecule has 1 atom stereocenters. The summed E-state index contributed by atoms with van der Waals surface area (Å²) < 4.78 is 27.8. The minimum atomic E-state index is -0.569. The predicted molar refractivity (Wildman–Crippen MR) is 78.5 cm³/mol. The third-order valence-corrected chi connectivity index (χ3v) is 5.01. The summed E-state index contributed by atoms with van der Waals surface area (Å²) in [7, 11) is 0. The van der Waals surface area contributed by atoms with Crippen molar-refractivity contribution in [3.63, 3.8) is 0 Å². The van der Waals surface area contributed by atoms with Crippen LogP contribution in [-0.2, 0) is 6.42 Å². The van der Waals surface area contributed by atoms with Gasteiger partial charge in [-0.15, -0.1) is 11.3 Å². The van der Waals surface area contributed by atoms with Crippen LogP contribution in [0, 0.1) is 25.5 Å². The molecule has 0 aliphatic carbocycles. The molecule has 0 saturated heterocycles. The summed E-state index contributed by atoms with van der Waals surface area (Å²) in [5.41, 5.74) is 7.25. The van der Waals surface area contributed by atoms with Crippen molar-refractivity contribution in [1.29, 1.82) is 0 Å². The lowest BCUT2D eigenvalue weighted by Crippen LogP contribution is -2.14. The van der Waals surface area contributed by atoms with Gasteiger partial charge in [0.25, 0.3) is 0 Å². The second kappa shape index (κ2) is 5.69. The van der Waals surface area contributed by atoms with Crippen LogP contribution in [-0.4, -0.2) is 0 Å². The van der Waals surface area contributed by atoms with Gasteiger partial charge in [-0.25, -0.2) is 8.78 Å². The first-order valence-electron chi connectivity index (χ1n) is 5.85. The van der Waals surface area contributed by atoms with Gasteiger partial charge in [-0.2, -0.15) is 0 Å². The zero-order valence-electron chi connectivity index (χ0n) is 10.6. The van der Waals surface area contributed by atoms with Gasteiger partial charge in [0.05, 0.1) is 4.47 Å². The van der Waals surface area contributed by atoms with Crippen LogP contribution in [0.2, 0.25) is 0 Å². The van der Waals surface area contributed by atoms with Gasteiger partial charge in [-0.1, -0.05) is 0 Å². The Hall–Kier alpha value is -0.780. The number of aryl methyl sites for hydroxylation is 2. The van der Waals surface area contributed by atoms with Gasteiger partial charge < -0.3 is 5.73 Å². The number of hydrogen-bond acceptors (Lipinski definition) is 2. The molecule has 5 heteroatoms. The normalized spacial score (nSPS) is 12.7. The average molecular weight is 346 g/mol. The maximum Gasteiger partial charge on any atom is 0.143 e. The van der Waals surface area contributed by atoms with Crippen molar-refractivity contribution < 1.29 is 8.78 Å². The zero-order valence-corrected chi connectivity index (χ0v) is 13.0. The maximum atomic E-state index is 13.9. The first-order valence-corrected chi connectivity index (χ1v) is 7.46. The highest BCUT2D eigenvalue weighted by atomic mass is 79.9. The fourth-order valence-electron chi connectivity index (χ4n) is 1.86. The molecule has 0 bridgehead atoms. The molecule has 19 heavy (non-hydrogen) atoms. The molecule has 1 heterocycles. The maximum absolute atomic E-state index is 13.9. The van der Waals surface area contributed by atoms with Gasteiger partial charge in [-0.05, 0) is 60.0 Å². The summed E-state index contributed by atoms with van der Waals surface area (Å²) in [5, 5.41) is 0. The fraction of sp³-hybridized carbons (Fsp3) is 0.286. The number of thiophene rings is 1. The Kier molecular flexibility index (Phi) is 4.38. The minimum Gasteiger partial charge on any atom is -0.323 e. The van der Waals surface area contributed by atoms with E-state index < -0.39 is 17.7 Å². The number of nitrogens with two attached hydrogens (primary N) is 1. The van der Waals surface area contributed by atoms with Gasteiger partial charge in [-0.3, -0.25) is 0 Å². The van der Waals surface area contributed by atoms with Gasteiger partial charge in [0.1, 0.15) is 11.6 Å². The van der Waals surface area contributed by atoms with Crippen LogP contribution >= 0.6 is 27.3 Å². The molecule has 0 saturated carbocycles. The SMILES string of the molecule is Cc1cc(C(N)Cc2c(F)ccc(Br)c2F)sc1C. The van der Waals surface area contributed by atoms with Crippen molar-refractivity contribution in [2.24, 2.45) is 5.73 Å². The van der Waals surface area contributed by atoms with Crippen LogP contribution in [0.25, 0.3) is 0 Å². The molecule has 0 fully saturated rings. The lowest BCUT2D eigenvalue weighted by molar-refractivity contribution is 0.537. The largest absolute Gasteiger partial charge is 0.323 e. The Balaban J connectivity index is 2.28. The summed E-state index contributed by atoms with van der Waals surface area (Å²) in [5.74, 6) is -1.12. The second-order valence-corrected chi connectivity index (χ2v) is 6.66. The Morgan fingerprint density at radius 2 is 2.00 bits per heavy atom. The number of rotatable bonds is 3. The molecule has 2 rings (SSSR count). The van der Waals surface area contributed by atoms with E-state index in [2.05, 4.69) is 15.9 Å². The summed E-state index contributed by atoms with van der Waals surface area (Å²) in [6, 6.07) is 4.20. The molecule has 2 aromatic rings. The van der Waals surface area contributed by atoms with Crippen molar-refractivity contribution in [3.8, 4) is 0 Å². The molecule has 1 unspecified atom stereocenters. The van der Waals surface area contributed by atoms with E-state index in [-0.39, 0.29) is 16.5 Å². The van der Waals surface area contributed by atoms with Crippen molar-refractivity contribution in [3.05, 3.63) is 55.2 Å². The van der Waals surface area contributed by atoms with Crippen LogP contribution in [0.4, 0.5) is 8.78 Å². The summed E-state index contributed by atoms with van der Waals surface area (Å²) in [4.78, 5) is 2.13. The molecule has 0 radical (unpaired) electrons. The Bertz CT molecular complexity index is 590. The molecule has 1 nitrogen and oxygen atoms in total. The Morgan fingerprint density at radius 3 is 2.58 bits per heavy atom. The molecule has 1 aromatic heterocycles. The second-order valence-electron chi connectivity index (χ2n) is 4.52. The van der Waals surface area contributed by atoms with Gasteiger partial charge in [0.2, 0.25) is 0 Å². The van der Waals surface area contributed by atoms with Crippen LogP contribution < -0.4 is 5.73 Å².